The van der Waals surface area contributed by atoms with Gasteiger partial charge in [-0.25, -0.2) is 14.1 Å². The molecule has 1 aromatic heterocycles. The molecule has 0 saturated heterocycles. The zero-order valence-corrected chi connectivity index (χ0v) is 12.7. The molecule has 7 heteroatoms. The molecule has 0 aliphatic carbocycles. The van der Waals surface area contributed by atoms with E-state index in [0.717, 1.165) is 0 Å². The van der Waals surface area contributed by atoms with E-state index in [9.17, 15) is 9.18 Å². The van der Waals surface area contributed by atoms with E-state index >= 15 is 0 Å². The predicted octanol–water partition coefficient (Wildman–Crippen LogP) is 3.24. The van der Waals surface area contributed by atoms with Crippen molar-refractivity contribution >= 4 is 23.2 Å². The van der Waals surface area contributed by atoms with Crippen LogP contribution < -0.4 is 5.32 Å². The molecule has 1 amide bonds. The maximum absolute atomic E-state index is 13.6. The van der Waals surface area contributed by atoms with Crippen LogP contribution in [0.25, 0.3) is 5.69 Å². The van der Waals surface area contributed by atoms with Gasteiger partial charge >= 0.3 is 0 Å². The summed E-state index contributed by atoms with van der Waals surface area (Å²) >= 11 is 5.99. The maximum Gasteiger partial charge on any atom is 0.228 e. The van der Waals surface area contributed by atoms with Gasteiger partial charge in [-0.05, 0) is 29.8 Å². The quantitative estimate of drug-likeness (QED) is 0.799. The molecule has 1 heterocycles. The first-order valence-electron chi connectivity index (χ1n) is 6.81. The van der Waals surface area contributed by atoms with Crippen LogP contribution in [-0.2, 0) is 11.2 Å². The summed E-state index contributed by atoms with van der Waals surface area (Å²) in [6.45, 7) is 0. The highest BCUT2D eigenvalue weighted by Crippen LogP contribution is 2.24. The van der Waals surface area contributed by atoms with Gasteiger partial charge in [0.05, 0.1) is 17.8 Å². The fourth-order valence-corrected chi connectivity index (χ4v) is 2.32. The highest BCUT2D eigenvalue weighted by Gasteiger charge is 2.12. The van der Waals surface area contributed by atoms with Gasteiger partial charge in [0.25, 0.3) is 0 Å². The summed E-state index contributed by atoms with van der Waals surface area (Å²) in [7, 11) is 0. The third-order valence-corrected chi connectivity index (χ3v) is 3.44. The van der Waals surface area contributed by atoms with E-state index < -0.39 is 5.82 Å². The van der Waals surface area contributed by atoms with Gasteiger partial charge in [0.1, 0.15) is 18.5 Å². The van der Waals surface area contributed by atoms with Crippen LogP contribution in [0.15, 0.2) is 55.1 Å². The number of nitrogens with one attached hydrogen (secondary N) is 1. The van der Waals surface area contributed by atoms with Crippen molar-refractivity contribution in [2.45, 2.75) is 6.42 Å². The topological polar surface area (TPSA) is 59.8 Å². The highest BCUT2D eigenvalue weighted by molar-refractivity contribution is 6.31. The van der Waals surface area contributed by atoms with Crippen LogP contribution in [0, 0.1) is 5.82 Å². The van der Waals surface area contributed by atoms with Crippen molar-refractivity contribution in [3.05, 3.63) is 71.5 Å². The first-order valence-corrected chi connectivity index (χ1v) is 7.19. The molecule has 5 nitrogen and oxygen atoms in total. The van der Waals surface area contributed by atoms with Crippen LogP contribution in [0.4, 0.5) is 10.1 Å². The fourth-order valence-electron chi connectivity index (χ4n) is 2.15. The number of rotatable bonds is 4. The molecule has 2 aromatic carbocycles. The minimum Gasteiger partial charge on any atom is -0.324 e. The second kappa shape index (κ2) is 6.58. The lowest BCUT2D eigenvalue weighted by Crippen LogP contribution is -2.16. The summed E-state index contributed by atoms with van der Waals surface area (Å²) < 4.78 is 15.1. The zero-order valence-electron chi connectivity index (χ0n) is 11.9. The molecule has 0 radical (unpaired) electrons. The highest BCUT2D eigenvalue weighted by atomic mass is 35.5. The molecule has 23 heavy (non-hydrogen) atoms. The summed E-state index contributed by atoms with van der Waals surface area (Å²) in [6.07, 6.45) is 2.82. The SMILES string of the molecule is O=C(Cc1ccccc1F)Nc1cc(Cl)ccc1-n1cncn1. The first-order chi connectivity index (χ1) is 11.1. The molecule has 0 bridgehead atoms. The molecule has 1 N–H and O–H groups in total. The van der Waals surface area contributed by atoms with Gasteiger partial charge in [-0.2, -0.15) is 5.10 Å². The molecule has 3 rings (SSSR count). The average molecular weight is 331 g/mol. The Morgan fingerprint density at radius 3 is 2.83 bits per heavy atom. The minimum atomic E-state index is -0.412. The number of nitrogens with zero attached hydrogens (tertiary/aromatic N) is 3. The Kier molecular flexibility index (Phi) is 4.34. The van der Waals surface area contributed by atoms with Crippen molar-refractivity contribution in [3.8, 4) is 5.69 Å². The number of carbonyl (C=O) groups excluding carboxylic acids is 1. The van der Waals surface area contributed by atoms with E-state index in [1.54, 1.807) is 36.4 Å². The molecule has 0 spiro atoms. The monoisotopic (exact) mass is 330 g/mol. The number of benzene rings is 2. The van der Waals surface area contributed by atoms with Crippen molar-refractivity contribution in [1.29, 1.82) is 0 Å². The predicted molar refractivity (Wildman–Crippen MR) is 85.1 cm³/mol. The second-order valence-corrected chi connectivity index (χ2v) is 5.25. The number of hydrogen-bond acceptors (Lipinski definition) is 3. The molecule has 3 aromatic rings. The zero-order chi connectivity index (χ0) is 16.2. The molecule has 0 atom stereocenters. The molecule has 0 fully saturated rings. The lowest BCUT2D eigenvalue weighted by Gasteiger charge is -2.11. The summed E-state index contributed by atoms with van der Waals surface area (Å²) in [5.41, 5.74) is 1.42. The first kappa shape index (κ1) is 15.2. The van der Waals surface area contributed by atoms with Gasteiger partial charge in [0, 0.05) is 5.02 Å². The lowest BCUT2D eigenvalue weighted by molar-refractivity contribution is -0.115. The van der Waals surface area contributed by atoms with E-state index in [0.29, 0.717) is 22.0 Å². The summed E-state index contributed by atoms with van der Waals surface area (Å²) in [4.78, 5) is 16.1. The number of carbonyl (C=O) groups is 1. The van der Waals surface area contributed by atoms with Gasteiger partial charge < -0.3 is 5.32 Å². The fraction of sp³-hybridized carbons (Fsp3) is 0.0625. The molecular formula is C16H12ClFN4O. The molecule has 116 valence electrons. The minimum absolute atomic E-state index is 0.0734. The Morgan fingerprint density at radius 1 is 1.26 bits per heavy atom. The lowest BCUT2D eigenvalue weighted by atomic mass is 10.1. The molecule has 0 aliphatic heterocycles. The number of hydrogen-bond donors (Lipinski definition) is 1. The van der Waals surface area contributed by atoms with Gasteiger partial charge in [-0.1, -0.05) is 29.8 Å². The number of halogens is 2. The van der Waals surface area contributed by atoms with Gasteiger partial charge in [-0.3, -0.25) is 4.79 Å². The second-order valence-electron chi connectivity index (χ2n) is 4.82. The molecule has 0 saturated carbocycles. The summed E-state index contributed by atoms with van der Waals surface area (Å²) in [6, 6.07) is 11.2. The number of anilines is 1. The van der Waals surface area contributed by atoms with E-state index in [-0.39, 0.29) is 12.3 Å². The van der Waals surface area contributed by atoms with E-state index in [1.807, 2.05) is 0 Å². The van der Waals surface area contributed by atoms with Crippen LogP contribution in [0.1, 0.15) is 5.56 Å². The Hall–Kier alpha value is -2.73. The van der Waals surface area contributed by atoms with Crippen LogP contribution in [-0.4, -0.2) is 20.7 Å². The van der Waals surface area contributed by atoms with Crippen molar-refractivity contribution in [2.75, 3.05) is 5.32 Å². The standard InChI is InChI=1S/C16H12ClFN4O/c17-12-5-6-15(22-10-19-9-20-22)14(8-12)21-16(23)7-11-3-1-2-4-13(11)18/h1-6,8-10H,7H2,(H,21,23). The van der Waals surface area contributed by atoms with E-state index in [1.165, 1.54) is 23.4 Å². The maximum atomic E-state index is 13.6. The van der Waals surface area contributed by atoms with Crippen LogP contribution in [0.3, 0.4) is 0 Å². The van der Waals surface area contributed by atoms with Gasteiger partial charge in [0.15, 0.2) is 0 Å². The largest absolute Gasteiger partial charge is 0.324 e. The smallest absolute Gasteiger partial charge is 0.228 e. The number of amides is 1. The Morgan fingerprint density at radius 2 is 2.09 bits per heavy atom. The average Bonchev–Trinajstić information content (AvgIpc) is 3.04. The molecular weight excluding hydrogens is 319 g/mol. The van der Waals surface area contributed by atoms with Crippen LogP contribution in [0.2, 0.25) is 5.02 Å². The van der Waals surface area contributed by atoms with E-state index in [2.05, 4.69) is 15.4 Å². The summed E-state index contributed by atoms with van der Waals surface area (Å²) in [5.74, 6) is -0.760. The van der Waals surface area contributed by atoms with Crippen molar-refractivity contribution in [2.24, 2.45) is 0 Å². The van der Waals surface area contributed by atoms with Gasteiger partial charge in [0.2, 0.25) is 5.91 Å². The normalized spacial score (nSPS) is 10.5. The molecule has 0 unspecified atom stereocenters. The van der Waals surface area contributed by atoms with Gasteiger partial charge in [-0.15, -0.1) is 0 Å². The molecule has 0 aliphatic rings. The summed E-state index contributed by atoms with van der Waals surface area (Å²) in [5, 5.41) is 7.24. The Bertz CT molecular complexity index is 836. The van der Waals surface area contributed by atoms with Crippen molar-refractivity contribution < 1.29 is 9.18 Å². The Labute approximate surface area is 136 Å². The third-order valence-electron chi connectivity index (χ3n) is 3.21. The van der Waals surface area contributed by atoms with E-state index in [4.69, 9.17) is 11.6 Å². The van der Waals surface area contributed by atoms with Crippen molar-refractivity contribution in [1.82, 2.24) is 14.8 Å². The van der Waals surface area contributed by atoms with Crippen LogP contribution in [0.5, 0.6) is 0 Å². The van der Waals surface area contributed by atoms with Crippen molar-refractivity contribution in [3.63, 3.8) is 0 Å². The number of aromatic nitrogens is 3. The third kappa shape index (κ3) is 3.54. The van der Waals surface area contributed by atoms with Crippen LogP contribution >= 0.6 is 11.6 Å². The Balaban J connectivity index is 1.84.